The van der Waals surface area contributed by atoms with Gasteiger partial charge in [-0.25, -0.2) is 4.39 Å². The Balaban J connectivity index is 1.93. The number of halogens is 1. The van der Waals surface area contributed by atoms with Crippen LogP contribution in [0.1, 0.15) is 29.6 Å². The molecule has 0 aromatic heterocycles. The van der Waals surface area contributed by atoms with E-state index in [0.717, 1.165) is 31.4 Å². The van der Waals surface area contributed by atoms with Crippen molar-refractivity contribution in [3.63, 3.8) is 0 Å². The summed E-state index contributed by atoms with van der Waals surface area (Å²) in [4.78, 5) is 11.8. The highest BCUT2D eigenvalue weighted by molar-refractivity contribution is 5.96. The van der Waals surface area contributed by atoms with Gasteiger partial charge in [0.1, 0.15) is 11.6 Å². The Labute approximate surface area is 105 Å². The van der Waals surface area contributed by atoms with Gasteiger partial charge in [-0.05, 0) is 43.4 Å². The van der Waals surface area contributed by atoms with Gasteiger partial charge in [0.25, 0.3) is 5.91 Å². The molecule has 0 spiro atoms. The van der Waals surface area contributed by atoms with E-state index < -0.39 is 11.7 Å². The van der Waals surface area contributed by atoms with Gasteiger partial charge in [-0.15, -0.1) is 0 Å². The lowest BCUT2D eigenvalue weighted by Crippen LogP contribution is -2.29. The van der Waals surface area contributed by atoms with Gasteiger partial charge in [-0.2, -0.15) is 0 Å². The van der Waals surface area contributed by atoms with E-state index in [1.54, 1.807) is 0 Å². The van der Waals surface area contributed by atoms with E-state index in [1.807, 2.05) is 0 Å². The van der Waals surface area contributed by atoms with Gasteiger partial charge >= 0.3 is 0 Å². The van der Waals surface area contributed by atoms with Gasteiger partial charge in [0.05, 0.1) is 5.56 Å². The number of carbonyl (C=O) groups is 1. The molecule has 0 radical (unpaired) electrons. The van der Waals surface area contributed by atoms with Crippen molar-refractivity contribution in [3.8, 4) is 5.75 Å². The zero-order valence-corrected chi connectivity index (χ0v) is 10.0. The predicted octanol–water partition coefficient (Wildman–Crippen LogP) is 1.39. The van der Waals surface area contributed by atoms with Crippen molar-refractivity contribution in [2.75, 3.05) is 6.54 Å². The zero-order chi connectivity index (χ0) is 13.1. The monoisotopic (exact) mass is 252 g/mol. The molecule has 1 aromatic carbocycles. The van der Waals surface area contributed by atoms with Crippen LogP contribution in [-0.4, -0.2) is 23.6 Å². The van der Waals surface area contributed by atoms with Gasteiger partial charge in [-0.1, -0.05) is 0 Å². The molecule has 2 unspecified atom stereocenters. The number of phenolic OH excluding ortho intramolecular Hbond substituents is 1. The molecule has 1 fully saturated rings. The zero-order valence-electron chi connectivity index (χ0n) is 10.0. The van der Waals surface area contributed by atoms with E-state index in [0.29, 0.717) is 12.5 Å². The van der Waals surface area contributed by atoms with E-state index in [2.05, 4.69) is 5.32 Å². The largest absolute Gasteiger partial charge is 0.507 e. The molecule has 0 heterocycles. The average Bonchev–Trinajstić information content (AvgIpc) is 2.75. The first kappa shape index (κ1) is 12.8. The highest BCUT2D eigenvalue weighted by Crippen LogP contribution is 2.23. The number of phenols is 1. The summed E-state index contributed by atoms with van der Waals surface area (Å²) in [6.45, 7) is 0.516. The Kier molecular flexibility index (Phi) is 3.81. The van der Waals surface area contributed by atoms with Crippen LogP contribution in [0.3, 0.4) is 0 Å². The minimum Gasteiger partial charge on any atom is -0.507 e. The van der Waals surface area contributed by atoms with Crippen LogP contribution in [0.4, 0.5) is 4.39 Å². The van der Waals surface area contributed by atoms with Crippen molar-refractivity contribution < 1.29 is 14.3 Å². The summed E-state index contributed by atoms with van der Waals surface area (Å²) in [6.07, 6.45) is 2.87. The number of hydrogen-bond acceptors (Lipinski definition) is 3. The predicted molar refractivity (Wildman–Crippen MR) is 65.7 cm³/mol. The molecule has 0 saturated heterocycles. The van der Waals surface area contributed by atoms with Crippen LogP contribution in [0.25, 0.3) is 0 Å². The van der Waals surface area contributed by atoms with E-state index in [-0.39, 0.29) is 17.4 Å². The fourth-order valence-corrected chi connectivity index (χ4v) is 2.32. The second-order valence-electron chi connectivity index (χ2n) is 4.81. The fraction of sp³-hybridized carbons (Fsp3) is 0.462. The minimum absolute atomic E-state index is 0.0303. The molecule has 4 nitrogen and oxygen atoms in total. The highest BCUT2D eigenvalue weighted by atomic mass is 19.1. The highest BCUT2D eigenvalue weighted by Gasteiger charge is 2.22. The van der Waals surface area contributed by atoms with E-state index >= 15 is 0 Å². The van der Waals surface area contributed by atoms with E-state index in [1.165, 1.54) is 6.07 Å². The molecular formula is C13H17FN2O2. The van der Waals surface area contributed by atoms with Crippen LogP contribution in [0.15, 0.2) is 18.2 Å². The second kappa shape index (κ2) is 5.35. The molecule has 18 heavy (non-hydrogen) atoms. The van der Waals surface area contributed by atoms with Crippen LogP contribution in [0, 0.1) is 11.7 Å². The third-order valence-corrected chi connectivity index (χ3v) is 3.34. The first-order valence-electron chi connectivity index (χ1n) is 6.08. The van der Waals surface area contributed by atoms with Gasteiger partial charge in [0, 0.05) is 12.6 Å². The molecule has 98 valence electrons. The number of amides is 1. The summed E-state index contributed by atoms with van der Waals surface area (Å²) >= 11 is 0. The van der Waals surface area contributed by atoms with Crippen molar-refractivity contribution in [1.29, 1.82) is 0 Å². The molecule has 1 amide bonds. The number of hydrogen-bond donors (Lipinski definition) is 3. The second-order valence-corrected chi connectivity index (χ2v) is 4.81. The maximum absolute atomic E-state index is 13.0. The van der Waals surface area contributed by atoms with Crippen molar-refractivity contribution in [2.24, 2.45) is 11.7 Å². The quantitative estimate of drug-likeness (QED) is 0.761. The lowest BCUT2D eigenvalue weighted by Gasteiger charge is -2.11. The van der Waals surface area contributed by atoms with Crippen molar-refractivity contribution in [1.82, 2.24) is 5.32 Å². The molecular weight excluding hydrogens is 235 g/mol. The normalized spacial score (nSPS) is 23.0. The maximum atomic E-state index is 13.0. The standard InChI is InChI=1S/C13H17FN2O2/c14-9-2-4-12(17)11(6-9)13(18)16-7-8-1-3-10(15)5-8/h2,4,6,8,10,17H,1,3,5,7,15H2,(H,16,18). The molecule has 2 atom stereocenters. The smallest absolute Gasteiger partial charge is 0.255 e. The first-order valence-corrected chi connectivity index (χ1v) is 6.08. The van der Waals surface area contributed by atoms with Crippen molar-refractivity contribution in [3.05, 3.63) is 29.6 Å². The van der Waals surface area contributed by atoms with Crippen LogP contribution in [0.2, 0.25) is 0 Å². The third-order valence-electron chi connectivity index (χ3n) is 3.34. The molecule has 2 rings (SSSR count). The first-order chi connectivity index (χ1) is 8.56. The molecule has 0 bridgehead atoms. The molecule has 1 aromatic rings. The van der Waals surface area contributed by atoms with Gasteiger partial charge < -0.3 is 16.2 Å². The maximum Gasteiger partial charge on any atom is 0.255 e. The Hall–Kier alpha value is -1.62. The summed E-state index contributed by atoms with van der Waals surface area (Å²) in [5.41, 5.74) is 5.75. The van der Waals surface area contributed by atoms with Crippen LogP contribution >= 0.6 is 0 Å². The molecule has 0 aliphatic heterocycles. The summed E-state index contributed by atoms with van der Waals surface area (Å²) in [5.74, 6) is -0.829. The Morgan fingerprint density at radius 3 is 2.94 bits per heavy atom. The SMILES string of the molecule is NC1CCC(CNC(=O)c2cc(F)ccc2O)C1. The van der Waals surface area contributed by atoms with E-state index in [4.69, 9.17) is 5.73 Å². The number of nitrogens with two attached hydrogens (primary N) is 1. The number of aromatic hydroxyl groups is 1. The summed E-state index contributed by atoms with van der Waals surface area (Å²) in [6, 6.07) is 3.54. The molecule has 4 N–H and O–H groups in total. The van der Waals surface area contributed by atoms with Gasteiger partial charge in [-0.3, -0.25) is 4.79 Å². The summed E-state index contributed by atoms with van der Waals surface area (Å²) in [5, 5.41) is 12.2. The minimum atomic E-state index is -0.541. The average molecular weight is 252 g/mol. The Morgan fingerprint density at radius 1 is 1.50 bits per heavy atom. The fourth-order valence-electron chi connectivity index (χ4n) is 2.32. The van der Waals surface area contributed by atoms with Crippen LogP contribution in [-0.2, 0) is 0 Å². The Morgan fingerprint density at radius 2 is 2.28 bits per heavy atom. The van der Waals surface area contributed by atoms with Crippen LogP contribution < -0.4 is 11.1 Å². The van der Waals surface area contributed by atoms with Crippen molar-refractivity contribution in [2.45, 2.75) is 25.3 Å². The topological polar surface area (TPSA) is 75.3 Å². The van der Waals surface area contributed by atoms with Crippen molar-refractivity contribution >= 4 is 5.91 Å². The van der Waals surface area contributed by atoms with E-state index in [9.17, 15) is 14.3 Å². The molecule has 1 saturated carbocycles. The van der Waals surface area contributed by atoms with Gasteiger partial charge in [0.2, 0.25) is 0 Å². The van der Waals surface area contributed by atoms with Gasteiger partial charge in [0.15, 0.2) is 0 Å². The summed E-state index contributed by atoms with van der Waals surface area (Å²) in [7, 11) is 0. The Bertz CT molecular complexity index is 451. The third kappa shape index (κ3) is 2.98. The summed E-state index contributed by atoms with van der Waals surface area (Å²) < 4.78 is 13.0. The number of nitrogens with one attached hydrogen (secondary N) is 1. The molecule has 5 heteroatoms. The number of carbonyl (C=O) groups excluding carboxylic acids is 1. The lowest BCUT2D eigenvalue weighted by atomic mass is 10.1. The lowest BCUT2D eigenvalue weighted by molar-refractivity contribution is 0.0944. The molecule has 1 aliphatic rings. The van der Waals surface area contributed by atoms with Crippen LogP contribution in [0.5, 0.6) is 5.75 Å². The number of rotatable bonds is 3. The number of benzene rings is 1. The molecule has 1 aliphatic carbocycles.